The number of likely N-dealkylation sites (N-methyl/N-ethyl adjacent to an activating group) is 1. The highest BCUT2D eigenvalue weighted by molar-refractivity contribution is 6.30. The van der Waals surface area contributed by atoms with E-state index in [4.69, 9.17) is 26.1 Å². The summed E-state index contributed by atoms with van der Waals surface area (Å²) in [5, 5.41) is 5.64. The minimum atomic E-state index is -0.820. The Morgan fingerprint density at radius 3 is 2.40 bits per heavy atom. The maximum absolute atomic E-state index is 14.3. The molecule has 2 heterocycles. The van der Waals surface area contributed by atoms with Crippen molar-refractivity contribution in [3.8, 4) is 11.5 Å². The van der Waals surface area contributed by atoms with Crippen molar-refractivity contribution in [2.75, 3.05) is 62.7 Å². The number of nitrogens with zero attached hydrogens (tertiary/aromatic N) is 5. The number of aromatic nitrogens is 2. The Labute approximate surface area is 247 Å². The summed E-state index contributed by atoms with van der Waals surface area (Å²) in [6.45, 7) is 4.36. The van der Waals surface area contributed by atoms with E-state index in [1.165, 1.54) is 42.0 Å². The standard InChI is InChI=1S/C30H32ClFN6O4/c1-19(28-34-25-17-21(32)7-11-24(25)29(39)38(28)36-15-13-35(2)14-16-36)37(26-12-10-23(41-3)18-27(26)42-4)30(40)33-22-8-5-20(31)6-9-22/h5-12,17-19H,13-16H2,1-4H3,(H,33,40). The summed E-state index contributed by atoms with van der Waals surface area (Å²) in [7, 11) is 5.05. The Kier molecular flexibility index (Phi) is 8.51. The van der Waals surface area contributed by atoms with Crippen LogP contribution < -0.4 is 30.3 Å². The molecule has 10 nitrogen and oxygen atoms in total. The zero-order chi connectivity index (χ0) is 30.0. The summed E-state index contributed by atoms with van der Waals surface area (Å²) in [5.41, 5.74) is 0.785. The molecule has 1 aromatic heterocycles. The summed E-state index contributed by atoms with van der Waals surface area (Å²) in [4.78, 5) is 36.5. The molecule has 12 heteroatoms. The summed E-state index contributed by atoms with van der Waals surface area (Å²) in [6.07, 6.45) is 0. The van der Waals surface area contributed by atoms with Gasteiger partial charge in [-0.1, -0.05) is 11.6 Å². The number of methoxy groups -OCH3 is 2. The number of carbonyl (C=O) groups is 1. The molecule has 1 atom stereocenters. The van der Waals surface area contributed by atoms with Crippen molar-refractivity contribution in [2.24, 2.45) is 0 Å². The van der Waals surface area contributed by atoms with Gasteiger partial charge in [0.25, 0.3) is 5.56 Å². The van der Waals surface area contributed by atoms with Gasteiger partial charge in [0.1, 0.15) is 17.3 Å². The number of rotatable bonds is 7. The summed E-state index contributed by atoms with van der Waals surface area (Å²) in [5.74, 6) is 0.661. The number of amides is 2. The first-order valence-electron chi connectivity index (χ1n) is 13.4. The predicted molar refractivity (Wildman–Crippen MR) is 162 cm³/mol. The van der Waals surface area contributed by atoms with Crippen molar-refractivity contribution in [1.82, 2.24) is 14.6 Å². The second kappa shape index (κ2) is 12.3. The number of ether oxygens (including phenoxy) is 2. The lowest BCUT2D eigenvalue weighted by Gasteiger charge is -2.38. The van der Waals surface area contributed by atoms with E-state index in [9.17, 15) is 14.0 Å². The average molecular weight is 595 g/mol. The molecular weight excluding hydrogens is 563 g/mol. The van der Waals surface area contributed by atoms with Crippen LogP contribution in [0, 0.1) is 5.82 Å². The van der Waals surface area contributed by atoms with Gasteiger partial charge in [0.05, 0.1) is 36.9 Å². The monoisotopic (exact) mass is 594 g/mol. The third-order valence-electron chi connectivity index (χ3n) is 7.32. The second-order valence-corrected chi connectivity index (χ2v) is 10.5. The number of anilines is 2. The highest BCUT2D eigenvalue weighted by atomic mass is 35.5. The van der Waals surface area contributed by atoms with E-state index in [2.05, 4.69) is 10.2 Å². The minimum absolute atomic E-state index is 0.201. The fourth-order valence-corrected chi connectivity index (χ4v) is 5.14. The number of benzene rings is 3. The molecule has 1 aliphatic heterocycles. The van der Waals surface area contributed by atoms with Crippen LogP contribution in [-0.4, -0.2) is 68.0 Å². The van der Waals surface area contributed by atoms with E-state index < -0.39 is 17.9 Å². The molecule has 0 bridgehead atoms. The normalized spacial score (nSPS) is 14.5. The summed E-state index contributed by atoms with van der Waals surface area (Å²) >= 11 is 6.05. The van der Waals surface area contributed by atoms with E-state index in [-0.39, 0.29) is 22.3 Å². The molecule has 2 amide bonds. The molecule has 1 saturated heterocycles. The van der Waals surface area contributed by atoms with Gasteiger partial charge in [0.15, 0.2) is 5.82 Å². The smallest absolute Gasteiger partial charge is 0.327 e. The van der Waals surface area contributed by atoms with Crippen LogP contribution in [0.15, 0.2) is 65.5 Å². The third-order valence-corrected chi connectivity index (χ3v) is 7.57. The number of hydrogen-bond donors (Lipinski definition) is 1. The van der Waals surface area contributed by atoms with Gasteiger partial charge < -0.3 is 24.7 Å². The number of hydrogen-bond acceptors (Lipinski definition) is 7. The van der Waals surface area contributed by atoms with Crippen LogP contribution in [0.4, 0.5) is 20.6 Å². The third kappa shape index (κ3) is 5.83. The van der Waals surface area contributed by atoms with Crippen molar-refractivity contribution >= 4 is 39.9 Å². The highest BCUT2D eigenvalue weighted by Gasteiger charge is 2.32. The number of carbonyl (C=O) groups excluding carboxylic acids is 1. The Balaban J connectivity index is 1.69. The van der Waals surface area contributed by atoms with Gasteiger partial charge in [0, 0.05) is 49.0 Å². The topological polar surface area (TPSA) is 92.2 Å². The second-order valence-electron chi connectivity index (χ2n) is 10.0. The SMILES string of the molecule is COc1ccc(N(C(=O)Nc2ccc(Cl)cc2)C(C)c2nc3cc(F)ccc3c(=O)n2N2CCN(C)CC2)c(OC)c1. The molecule has 4 aromatic rings. The van der Waals surface area contributed by atoms with Crippen LogP contribution >= 0.6 is 11.6 Å². The molecule has 0 radical (unpaired) electrons. The summed E-state index contributed by atoms with van der Waals surface area (Å²) in [6, 6.07) is 14.4. The predicted octanol–water partition coefficient (Wildman–Crippen LogP) is 4.89. The molecule has 42 heavy (non-hydrogen) atoms. The molecule has 1 aliphatic rings. The van der Waals surface area contributed by atoms with Crippen molar-refractivity contribution in [3.63, 3.8) is 0 Å². The molecule has 3 aromatic carbocycles. The largest absolute Gasteiger partial charge is 0.497 e. The average Bonchev–Trinajstić information content (AvgIpc) is 2.99. The zero-order valence-corrected chi connectivity index (χ0v) is 24.6. The van der Waals surface area contributed by atoms with Crippen LogP contribution in [0.2, 0.25) is 5.02 Å². The van der Waals surface area contributed by atoms with Gasteiger partial charge in [0.2, 0.25) is 0 Å². The van der Waals surface area contributed by atoms with Gasteiger partial charge in [-0.2, -0.15) is 0 Å². The van der Waals surface area contributed by atoms with Gasteiger partial charge >= 0.3 is 6.03 Å². The first-order valence-corrected chi connectivity index (χ1v) is 13.8. The quantitative estimate of drug-likeness (QED) is 0.326. The van der Waals surface area contributed by atoms with Crippen LogP contribution in [0.5, 0.6) is 11.5 Å². The van der Waals surface area contributed by atoms with E-state index in [1.54, 1.807) is 49.4 Å². The van der Waals surface area contributed by atoms with Crippen LogP contribution in [0.1, 0.15) is 18.8 Å². The molecule has 1 N–H and O–H groups in total. The van der Waals surface area contributed by atoms with Crippen LogP contribution in [0.25, 0.3) is 10.9 Å². The Morgan fingerprint density at radius 1 is 1.02 bits per heavy atom. The molecule has 0 spiro atoms. The van der Waals surface area contributed by atoms with Crippen molar-refractivity contribution < 1.29 is 18.7 Å². The highest BCUT2D eigenvalue weighted by Crippen LogP contribution is 2.37. The molecule has 0 saturated carbocycles. The Morgan fingerprint density at radius 2 is 1.74 bits per heavy atom. The Bertz CT molecular complexity index is 1660. The number of piperazine rings is 1. The number of halogens is 2. The van der Waals surface area contributed by atoms with E-state index >= 15 is 0 Å². The maximum Gasteiger partial charge on any atom is 0.327 e. The Hall–Kier alpha value is -4.35. The lowest BCUT2D eigenvalue weighted by atomic mass is 10.1. The molecular formula is C30H32ClFN6O4. The van der Waals surface area contributed by atoms with E-state index in [1.807, 2.05) is 12.1 Å². The summed E-state index contributed by atoms with van der Waals surface area (Å²) < 4.78 is 26.9. The molecule has 5 rings (SSSR count). The number of urea groups is 1. The van der Waals surface area contributed by atoms with Crippen molar-refractivity contribution in [3.05, 3.63) is 87.7 Å². The molecule has 220 valence electrons. The molecule has 1 fully saturated rings. The van der Waals surface area contributed by atoms with Crippen molar-refractivity contribution in [1.29, 1.82) is 0 Å². The lowest BCUT2D eigenvalue weighted by molar-refractivity contribution is 0.253. The van der Waals surface area contributed by atoms with Gasteiger partial charge in [-0.05, 0) is 62.5 Å². The lowest BCUT2D eigenvalue weighted by Crippen LogP contribution is -2.55. The number of fused-ring (bicyclic) bond motifs is 1. The maximum atomic E-state index is 14.3. The first kappa shape index (κ1) is 29.2. The molecule has 1 unspecified atom stereocenters. The zero-order valence-electron chi connectivity index (χ0n) is 23.8. The fourth-order valence-electron chi connectivity index (χ4n) is 5.02. The van der Waals surface area contributed by atoms with E-state index in [0.29, 0.717) is 41.0 Å². The van der Waals surface area contributed by atoms with Crippen LogP contribution in [0.3, 0.4) is 0 Å². The van der Waals surface area contributed by atoms with Gasteiger partial charge in [-0.3, -0.25) is 9.69 Å². The van der Waals surface area contributed by atoms with Gasteiger partial charge in [-0.15, -0.1) is 0 Å². The van der Waals surface area contributed by atoms with Crippen molar-refractivity contribution in [2.45, 2.75) is 13.0 Å². The van der Waals surface area contributed by atoms with Crippen LogP contribution in [-0.2, 0) is 0 Å². The molecule has 0 aliphatic carbocycles. The van der Waals surface area contributed by atoms with E-state index in [0.717, 1.165) is 13.1 Å². The first-order chi connectivity index (χ1) is 20.2. The minimum Gasteiger partial charge on any atom is -0.497 e. The number of nitrogens with one attached hydrogen (secondary N) is 1. The fraction of sp³-hybridized carbons (Fsp3) is 0.300. The van der Waals surface area contributed by atoms with Gasteiger partial charge in [-0.25, -0.2) is 18.8 Å².